The molecule has 1 unspecified atom stereocenters. The molecule has 0 spiro atoms. The SMILES string of the molecule is CCC(O)COC(=O)CCC1=CCCC1. The molecule has 1 aliphatic rings. The van der Waals surface area contributed by atoms with Crippen LogP contribution >= 0.6 is 0 Å². The molecule has 0 amide bonds. The van der Waals surface area contributed by atoms with Crippen LogP contribution in [0.3, 0.4) is 0 Å². The van der Waals surface area contributed by atoms with Crippen molar-refractivity contribution in [2.45, 2.75) is 51.6 Å². The topological polar surface area (TPSA) is 46.5 Å². The number of rotatable bonds is 6. The second kappa shape index (κ2) is 6.62. The van der Waals surface area contributed by atoms with Gasteiger partial charge in [0.05, 0.1) is 6.10 Å². The first-order chi connectivity index (χ1) is 7.22. The highest BCUT2D eigenvalue weighted by Gasteiger charge is 2.10. The van der Waals surface area contributed by atoms with Crippen molar-refractivity contribution >= 4 is 5.97 Å². The number of ether oxygens (including phenoxy) is 1. The van der Waals surface area contributed by atoms with Crippen LogP contribution in [0.4, 0.5) is 0 Å². The van der Waals surface area contributed by atoms with Crippen LogP contribution in [-0.2, 0) is 9.53 Å². The molecular weight excluding hydrogens is 192 g/mol. The number of allylic oxidation sites excluding steroid dienone is 2. The summed E-state index contributed by atoms with van der Waals surface area (Å²) < 4.78 is 4.94. The average Bonchev–Trinajstić information content (AvgIpc) is 2.75. The second-order valence-electron chi connectivity index (χ2n) is 4.00. The largest absolute Gasteiger partial charge is 0.463 e. The summed E-state index contributed by atoms with van der Waals surface area (Å²) in [4.78, 5) is 11.3. The smallest absolute Gasteiger partial charge is 0.306 e. The number of aliphatic hydroxyl groups is 1. The Kier molecular flexibility index (Phi) is 5.40. The van der Waals surface area contributed by atoms with E-state index in [2.05, 4.69) is 6.08 Å². The molecule has 0 aliphatic heterocycles. The summed E-state index contributed by atoms with van der Waals surface area (Å²) in [7, 11) is 0. The number of carbonyl (C=O) groups excluding carboxylic acids is 1. The van der Waals surface area contributed by atoms with Gasteiger partial charge in [0.15, 0.2) is 0 Å². The molecule has 0 aromatic carbocycles. The van der Waals surface area contributed by atoms with Crippen molar-refractivity contribution in [3.05, 3.63) is 11.6 Å². The van der Waals surface area contributed by atoms with Crippen LogP contribution < -0.4 is 0 Å². The van der Waals surface area contributed by atoms with Crippen molar-refractivity contribution in [2.75, 3.05) is 6.61 Å². The van der Waals surface area contributed by atoms with Gasteiger partial charge in [0.2, 0.25) is 0 Å². The molecule has 3 heteroatoms. The van der Waals surface area contributed by atoms with Gasteiger partial charge in [-0.2, -0.15) is 0 Å². The lowest BCUT2D eigenvalue weighted by molar-refractivity contribution is -0.146. The molecular formula is C12H20O3. The third kappa shape index (κ3) is 4.98. The van der Waals surface area contributed by atoms with Gasteiger partial charge in [0.1, 0.15) is 6.61 Å². The van der Waals surface area contributed by atoms with Crippen LogP contribution in [0.15, 0.2) is 11.6 Å². The van der Waals surface area contributed by atoms with Gasteiger partial charge in [-0.1, -0.05) is 18.6 Å². The zero-order valence-corrected chi connectivity index (χ0v) is 9.37. The minimum absolute atomic E-state index is 0.133. The lowest BCUT2D eigenvalue weighted by Crippen LogP contribution is -2.17. The highest BCUT2D eigenvalue weighted by molar-refractivity contribution is 5.69. The van der Waals surface area contributed by atoms with Crippen LogP contribution in [0.25, 0.3) is 0 Å². The molecule has 1 rings (SSSR count). The van der Waals surface area contributed by atoms with Gasteiger partial charge in [0.25, 0.3) is 0 Å². The molecule has 0 radical (unpaired) electrons. The van der Waals surface area contributed by atoms with Gasteiger partial charge in [-0.3, -0.25) is 4.79 Å². The van der Waals surface area contributed by atoms with E-state index in [1.807, 2.05) is 6.92 Å². The second-order valence-corrected chi connectivity index (χ2v) is 4.00. The average molecular weight is 212 g/mol. The van der Waals surface area contributed by atoms with Gasteiger partial charge in [-0.15, -0.1) is 0 Å². The van der Waals surface area contributed by atoms with E-state index >= 15 is 0 Å². The van der Waals surface area contributed by atoms with Crippen LogP contribution in [-0.4, -0.2) is 23.8 Å². The molecule has 0 aromatic heterocycles. The molecule has 15 heavy (non-hydrogen) atoms. The summed E-state index contributed by atoms with van der Waals surface area (Å²) in [6.45, 7) is 2.00. The molecule has 0 saturated carbocycles. The Morgan fingerprint density at radius 3 is 3.07 bits per heavy atom. The third-order valence-corrected chi connectivity index (χ3v) is 2.69. The Morgan fingerprint density at radius 1 is 1.67 bits per heavy atom. The first-order valence-electron chi connectivity index (χ1n) is 5.74. The Labute approximate surface area is 91.1 Å². The summed E-state index contributed by atoms with van der Waals surface area (Å²) >= 11 is 0. The van der Waals surface area contributed by atoms with E-state index in [1.54, 1.807) is 0 Å². The molecule has 3 nitrogen and oxygen atoms in total. The summed E-state index contributed by atoms with van der Waals surface area (Å²) in [5.74, 6) is -0.199. The Hall–Kier alpha value is -0.830. The number of hydrogen-bond acceptors (Lipinski definition) is 3. The Balaban J connectivity index is 2.08. The summed E-state index contributed by atoms with van der Waals surface area (Å²) in [6.07, 6.45) is 7.10. The van der Waals surface area contributed by atoms with Gasteiger partial charge in [-0.25, -0.2) is 0 Å². The van der Waals surface area contributed by atoms with Gasteiger partial charge >= 0.3 is 5.97 Å². The molecule has 0 bridgehead atoms. The number of esters is 1. The minimum atomic E-state index is -0.514. The maximum atomic E-state index is 11.3. The zero-order chi connectivity index (χ0) is 11.1. The molecule has 0 heterocycles. The van der Waals surface area contributed by atoms with E-state index < -0.39 is 6.10 Å². The summed E-state index contributed by atoms with van der Waals surface area (Å²) in [6, 6.07) is 0. The fourth-order valence-electron chi connectivity index (χ4n) is 1.61. The standard InChI is InChI=1S/C12H20O3/c1-2-11(13)9-15-12(14)8-7-10-5-3-4-6-10/h5,11,13H,2-4,6-9H2,1H3. The highest BCUT2D eigenvalue weighted by atomic mass is 16.5. The lowest BCUT2D eigenvalue weighted by Gasteiger charge is -2.08. The monoisotopic (exact) mass is 212 g/mol. The van der Waals surface area contributed by atoms with Gasteiger partial charge in [0, 0.05) is 6.42 Å². The maximum absolute atomic E-state index is 11.3. The first kappa shape index (κ1) is 12.2. The van der Waals surface area contributed by atoms with Crippen LogP contribution in [0.2, 0.25) is 0 Å². The first-order valence-corrected chi connectivity index (χ1v) is 5.74. The maximum Gasteiger partial charge on any atom is 0.306 e. The lowest BCUT2D eigenvalue weighted by atomic mass is 10.1. The highest BCUT2D eigenvalue weighted by Crippen LogP contribution is 2.21. The van der Waals surface area contributed by atoms with Crippen molar-refractivity contribution in [1.82, 2.24) is 0 Å². The Morgan fingerprint density at radius 2 is 2.47 bits per heavy atom. The zero-order valence-electron chi connectivity index (χ0n) is 9.37. The minimum Gasteiger partial charge on any atom is -0.463 e. The number of carbonyl (C=O) groups is 1. The van der Waals surface area contributed by atoms with E-state index in [1.165, 1.54) is 12.0 Å². The van der Waals surface area contributed by atoms with Gasteiger partial charge in [-0.05, 0) is 32.1 Å². The van der Waals surface area contributed by atoms with E-state index in [0.717, 1.165) is 19.3 Å². The van der Waals surface area contributed by atoms with E-state index in [0.29, 0.717) is 12.8 Å². The van der Waals surface area contributed by atoms with E-state index in [-0.39, 0.29) is 12.6 Å². The van der Waals surface area contributed by atoms with Crippen molar-refractivity contribution in [2.24, 2.45) is 0 Å². The van der Waals surface area contributed by atoms with Crippen molar-refractivity contribution < 1.29 is 14.6 Å². The van der Waals surface area contributed by atoms with Crippen molar-refractivity contribution in [1.29, 1.82) is 0 Å². The molecule has 1 N–H and O–H groups in total. The molecule has 1 aliphatic carbocycles. The Bertz CT molecular complexity index is 233. The third-order valence-electron chi connectivity index (χ3n) is 2.69. The molecule has 0 aromatic rings. The van der Waals surface area contributed by atoms with Crippen LogP contribution in [0, 0.1) is 0 Å². The molecule has 0 fully saturated rings. The molecule has 86 valence electrons. The van der Waals surface area contributed by atoms with Crippen molar-refractivity contribution in [3.8, 4) is 0 Å². The van der Waals surface area contributed by atoms with Crippen LogP contribution in [0.1, 0.15) is 45.4 Å². The molecule has 1 atom stereocenters. The quantitative estimate of drug-likeness (QED) is 0.542. The number of aliphatic hydroxyl groups excluding tert-OH is 1. The number of hydrogen-bond donors (Lipinski definition) is 1. The van der Waals surface area contributed by atoms with Gasteiger partial charge < -0.3 is 9.84 Å². The van der Waals surface area contributed by atoms with E-state index in [9.17, 15) is 9.90 Å². The van der Waals surface area contributed by atoms with Crippen molar-refractivity contribution in [3.63, 3.8) is 0 Å². The predicted molar refractivity (Wildman–Crippen MR) is 58.4 cm³/mol. The normalized spacial score (nSPS) is 17.3. The summed E-state index contributed by atoms with van der Waals surface area (Å²) in [5.41, 5.74) is 1.38. The molecule has 0 saturated heterocycles. The predicted octanol–water partition coefficient (Wildman–Crippen LogP) is 2.19. The fraction of sp³-hybridized carbons (Fsp3) is 0.750. The fourth-order valence-corrected chi connectivity index (χ4v) is 1.61. The van der Waals surface area contributed by atoms with Crippen LogP contribution in [0.5, 0.6) is 0 Å². The van der Waals surface area contributed by atoms with E-state index in [4.69, 9.17) is 4.74 Å². The summed E-state index contributed by atoms with van der Waals surface area (Å²) in [5, 5.41) is 9.20.